The van der Waals surface area contributed by atoms with Crippen molar-refractivity contribution in [1.29, 1.82) is 0 Å². The first-order chi connectivity index (χ1) is 16.5. The van der Waals surface area contributed by atoms with Crippen LogP contribution in [0.5, 0.6) is 0 Å². The van der Waals surface area contributed by atoms with Crippen molar-refractivity contribution in [3.8, 4) is 0 Å². The molecule has 1 fully saturated rings. The Balaban J connectivity index is 1.35. The Morgan fingerprint density at radius 3 is 2.44 bits per heavy atom. The van der Waals surface area contributed by atoms with Crippen LogP contribution in [0.2, 0.25) is 0 Å². The number of nitrogens with zero attached hydrogens (tertiary/aromatic N) is 4. The molecule has 1 unspecified atom stereocenters. The summed E-state index contributed by atoms with van der Waals surface area (Å²) in [7, 11) is 2.03. The number of carbonyl (C=O) groups excluding carboxylic acids is 3. The molecule has 1 N–H and O–H groups in total. The smallest absolute Gasteiger partial charge is 0.273 e. The molecule has 9 heteroatoms. The van der Waals surface area contributed by atoms with Crippen molar-refractivity contribution in [2.45, 2.75) is 12.6 Å². The Labute approximate surface area is 201 Å². The summed E-state index contributed by atoms with van der Waals surface area (Å²) in [6.07, 6.45) is 0. The van der Waals surface area contributed by atoms with Crippen LogP contribution in [0.15, 0.2) is 60.0 Å². The largest absolute Gasteiger partial charge is 0.335 e. The average molecular weight is 476 g/mol. The van der Waals surface area contributed by atoms with Crippen molar-refractivity contribution in [2.24, 2.45) is 0 Å². The predicted molar refractivity (Wildman–Crippen MR) is 130 cm³/mol. The summed E-state index contributed by atoms with van der Waals surface area (Å²) >= 11 is 1.21. The van der Waals surface area contributed by atoms with E-state index in [-0.39, 0.29) is 17.7 Å². The van der Waals surface area contributed by atoms with E-state index in [1.54, 1.807) is 21.2 Å². The van der Waals surface area contributed by atoms with Crippen LogP contribution >= 0.6 is 11.3 Å². The molecule has 2 aliphatic heterocycles. The molecule has 1 atom stereocenters. The SMILES string of the molecule is CN1CCN(C(=O)c2csc(NC(=O)C(c3ccccc3)N3Cc4ccccc4C3=O)n2)CC1. The van der Waals surface area contributed by atoms with E-state index in [1.807, 2.05) is 55.6 Å². The number of benzene rings is 2. The fourth-order valence-electron chi connectivity index (χ4n) is 4.37. The molecule has 0 bridgehead atoms. The number of amides is 3. The van der Waals surface area contributed by atoms with E-state index in [1.165, 1.54) is 11.3 Å². The molecule has 0 radical (unpaired) electrons. The molecule has 3 aromatic rings. The van der Waals surface area contributed by atoms with E-state index in [0.29, 0.717) is 41.6 Å². The maximum absolute atomic E-state index is 13.5. The standard InChI is InChI=1S/C25H25N5O3S/c1-28-11-13-29(14-12-28)24(33)20-16-34-25(26-20)27-22(31)21(17-7-3-2-4-8-17)30-15-18-9-5-6-10-19(18)23(30)32/h2-10,16,21H,11-15H2,1H3,(H,26,27,31). The van der Waals surface area contributed by atoms with Crippen LogP contribution in [0, 0.1) is 0 Å². The maximum Gasteiger partial charge on any atom is 0.273 e. The topological polar surface area (TPSA) is 85.9 Å². The van der Waals surface area contributed by atoms with Crippen LogP contribution < -0.4 is 5.32 Å². The first-order valence-electron chi connectivity index (χ1n) is 11.2. The third kappa shape index (κ3) is 4.32. The number of rotatable bonds is 5. The Morgan fingerprint density at radius 1 is 1.00 bits per heavy atom. The molecule has 174 valence electrons. The van der Waals surface area contributed by atoms with Gasteiger partial charge >= 0.3 is 0 Å². The molecule has 8 nitrogen and oxygen atoms in total. The first-order valence-corrected chi connectivity index (χ1v) is 12.1. The number of nitrogens with one attached hydrogen (secondary N) is 1. The van der Waals surface area contributed by atoms with Gasteiger partial charge in [-0.05, 0) is 24.2 Å². The van der Waals surface area contributed by atoms with Crippen molar-refractivity contribution in [3.05, 3.63) is 82.4 Å². The number of likely N-dealkylation sites (N-methyl/N-ethyl adjacent to an activating group) is 1. The molecular weight excluding hydrogens is 450 g/mol. The second-order valence-electron chi connectivity index (χ2n) is 8.53. The third-order valence-corrected chi connectivity index (χ3v) is 7.03. The first kappa shape index (κ1) is 22.2. The van der Waals surface area contributed by atoms with E-state index in [2.05, 4.69) is 15.2 Å². The summed E-state index contributed by atoms with van der Waals surface area (Å²) in [6, 6.07) is 15.8. The van der Waals surface area contributed by atoms with Crippen molar-refractivity contribution in [3.63, 3.8) is 0 Å². The van der Waals surface area contributed by atoms with E-state index in [9.17, 15) is 14.4 Å². The number of aromatic nitrogens is 1. The van der Waals surface area contributed by atoms with Gasteiger partial charge in [-0.15, -0.1) is 11.3 Å². The lowest BCUT2D eigenvalue weighted by molar-refractivity contribution is -0.120. The van der Waals surface area contributed by atoms with Gasteiger partial charge in [0.15, 0.2) is 5.13 Å². The van der Waals surface area contributed by atoms with Crippen molar-refractivity contribution >= 4 is 34.2 Å². The molecule has 34 heavy (non-hydrogen) atoms. The van der Waals surface area contributed by atoms with E-state index in [4.69, 9.17) is 0 Å². The molecule has 3 amide bonds. The summed E-state index contributed by atoms with van der Waals surface area (Å²) in [5, 5.41) is 4.86. The minimum Gasteiger partial charge on any atom is -0.335 e. The second-order valence-corrected chi connectivity index (χ2v) is 9.38. The molecule has 0 saturated carbocycles. The molecule has 3 heterocycles. The van der Waals surface area contributed by atoms with Crippen LogP contribution in [0.4, 0.5) is 5.13 Å². The number of piperazine rings is 1. The Morgan fingerprint density at radius 2 is 1.71 bits per heavy atom. The van der Waals surface area contributed by atoms with Crippen molar-refractivity contribution < 1.29 is 14.4 Å². The monoisotopic (exact) mass is 475 g/mol. The normalized spacial score (nSPS) is 16.9. The van der Waals surface area contributed by atoms with Gasteiger partial charge in [0, 0.05) is 43.7 Å². The van der Waals surface area contributed by atoms with Gasteiger partial charge in [-0.2, -0.15) is 0 Å². The summed E-state index contributed by atoms with van der Waals surface area (Å²) in [5.74, 6) is -0.667. The van der Waals surface area contributed by atoms with Crippen LogP contribution in [0.25, 0.3) is 0 Å². The van der Waals surface area contributed by atoms with Crippen molar-refractivity contribution in [1.82, 2.24) is 19.7 Å². The number of fused-ring (bicyclic) bond motifs is 1. The number of carbonyl (C=O) groups is 3. The fourth-order valence-corrected chi connectivity index (χ4v) is 5.06. The van der Waals surface area contributed by atoms with Crippen LogP contribution in [0.1, 0.15) is 38.0 Å². The Bertz CT molecular complexity index is 1220. The van der Waals surface area contributed by atoms with Gasteiger partial charge in [-0.3, -0.25) is 19.7 Å². The highest BCUT2D eigenvalue weighted by molar-refractivity contribution is 7.14. The van der Waals surface area contributed by atoms with Gasteiger partial charge in [-0.25, -0.2) is 4.98 Å². The zero-order valence-electron chi connectivity index (χ0n) is 18.8. The molecule has 1 saturated heterocycles. The Hall–Kier alpha value is -3.56. The highest BCUT2D eigenvalue weighted by Crippen LogP contribution is 2.32. The molecule has 1 aromatic heterocycles. The number of thiazole rings is 1. The summed E-state index contributed by atoms with van der Waals surface area (Å²) in [4.78, 5) is 49.4. The Kier molecular flexibility index (Phi) is 6.12. The molecule has 2 aromatic carbocycles. The van der Waals surface area contributed by atoms with Crippen LogP contribution in [-0.2, 0) is 11.3 Å². The fraction of sp³-hybridized carbons (Fsp3) is 0.280. The van der Waals surface area contributed by atoms with E-state index >= 15 is 0 Å². The second kappa shape index (κ2) is 9.36. The molecular formula is C25H25N5O3S. The number of hydrogen-bond acceptors (Lipinski definition) is 6. The lowest BCUT2D eigenvalue weighted by Gasteiger charge is -2.31. The minimum absolute atomic E-state index is 0.130. The zero-order chi connectivity index (χ0) is 23.7. The maximum atomic E-state index is 13.5. The van der Waals surface area contributed by atoms with E-state index < -0.39 is 6.04 Å². The van der Waals surface area contributed by atoms with Gasteiger partial charge in [0.05, 0.1) is 0 Å². The molecule has 5 rings (SSSR count). The predicted octanol–water partition coefficient (Wildman–Crippen LogP) is 2.87. The van der Waals surface area contributed by atoms with Crippen LogP contribution in [-0.4, -0.2) is 70.6 Å². The van der Waals surface area contributed by atoms with Crippen molar-refractivity contribution in [2.75, 3.05) is 38.5 Å². The van der Waals surface area contributed by atoms with Crippen LogP contribution in [0.3, 0.4) is 0 Å². The quantitative estimate of drug-likeness (QED) is 0.613. The molecule has 0 spiro atoms. The number of anilines is 1. The van der Waals surface area contributed by atoms with Gasteiger partial charge in [-0.1, -0.05) is 48.5 Å². The van der Waals surface area contributed by atoms with Gasteiger partial charge in [0.25, 0.3) is 17.7 Å². The summed E-state index contributed by atoms with van der Waals surface area (Å²) in [6.45, 7) is 3.31. The lowest BCUT2D eigenvalue weighted by Crippen LogP contribution is -2.47. The lowest BCUT2D eigenvalue weighted by atomic mass is 10.0. The third-order valence-electron chi connectivity index (χ3n) is 6.27. The summed E-state index contributed by atoms with van der Waals surface area (Å²) < 4.78 is 0. The van der Waals surface area contributed by atoms with Gasteiger partial charge < -0.3 is 14.7 Å². The number of hydrogen-bond donors (Lipinski definition) is 1. The highest BCUT2D eigenvalue weighted by Gasteiger charge is 2.37. The average Bonchev–Trinajstić information content (AvgIpc) is 3.45. The van der Waals surface area contributed by atoms with Gasteiger partial charge in [0.1, 0.15) is 11.7 Å². The van der Waals surface area contributed by atoms with Gasteiger partial charge in [0.2, 0.25) is 0 Å². The zero-order valence-corrected chi connectivity index (χ0v) is 19.6. The minimum atomic E-state index is -0.818. The molecule has 0 aliphatic carbocycles. The molecule has 2 aliphatic rings. The summed E-state index contributed by atoms with van der Waals surface area (Å²) in [5.41, 5.74) is 2.55. The highest BCUT2D eigenvalue weighted by atomic mass is 32.1. The van der Waals surface area contributed by atoms with E-state index in [0.717, 1.165) is 18.7 Å².